The minimum atomic E-state index is -1.16. The first-order chi connectivity index (χ1) is 5.13. The molecule has 0 saturated carbocycles. The van der Waals surface area contributed by atoms with E-state index in [0.29, 0.717) is 0 Å². The molecule has 5 nitrogen and oxygen atoms in total. The third-order valence-corrected chi connectivity index (χ3v) is 0.578. The molecule has 5 heteroatoms. The number of ether oxygens (including phenoxy) is 1. The summed E-state index contributed by atoms with van der Waals surface area (Å²) in [6.07, 6.45) is 3.21. The molecule has 0 aliphatic carbocycles. The van der Waals surface area contributed by atoms with Gasteiger partial charge in [-0.05, 0) is 0 Å². The van der Waals surface area contributed by atoms with Crippen molar-refractivity contribution in [2.45, 2.75) is 0 Å². The third kappa shape index (κ3) is 8.22. The summed E-state index contributed by atoms with van der Waals surface area (Å²) in [6, 6.07) is 0. The zero-order valence-corrected chi connectivity index (χ0v) is 5.43. The maximum absolute atomic E-state index is 9.79. The summed E-state index contributed by atoms with van der Waals surface area (Å²) in [7, 11) is 0. The van der Waals surface area contributed by atoms with Crippen molar-refractivity contribution in [2.75, 3.05) is 0 Å². The molecule has 0 rings (SSSR count). The Hall–Kier alpha value is -1.78. The van der Waals surface area contributed by atoms with Crippen molar-refractivity contribution in [2.24, 2.45) is 0 Å². The van der Waals surface area contributed by atoms with E-state index in [0.717, 1.165) is 24.7 Å². The Balaban J connectivity index is 3.57. The van der Waals surface area contributed by atoms with Crippen molar-refractivity contribution in [1.29, 1.82) is 0 Å². The van der Waals surface area contributed by atoms with Crippen molar-refractivity contribution >= 4 is 11.9 Å². The highest BCUT2D eigenvalue weighted by Crippen LogP contribution is 1.80. The summed E-state index contributed by atoms with van der Waals surface area (Å²) in [6.45, 7) is 0. The first-order valence-electron chi connectivity index (χ1n) is 2.57. The largest absolute Gasteiger partial charge is 0.478 e. The summed E-state index contributed by atoms with van der Waals surface area (Å²) in [5.74, 6) is -2.32. The second kappa shape index (κ2) is 5.04. The number of carbonyl (C=O) groups is 2. The first-order valence-corrected chi connectivity index (χ1v) is 2.57. The summed E-state index contributed by atoms with van der Waals surface area (Å²) >= 11 is 0. The van der Waals surface area contributed by atoms with E-state index in [2.05, 4.69) is 4.74 Å². The van der Waals surface area contributed by atoms with Crippen LogP contribution in [0.15, 0.2) is 24.7 Å². The molecular formula is C6H6O5. The van der Waals surface area contributed by atoms with Crippen molar-refractivity contribution in [3.8, 4) is 0 Å². The smallest absolute Gasteiger partial charge is 0.331 e. The van der Waals surface area contributed by atoms with E-state index in [4.69, 9.17) is 10.2 Å². The molecule has 0 saturated heterocycles. The molecule has 0 aliphatic rings. The predicted octanol–water partition coefficient (Wildman–Crippen LogP) is 0.200. The minimum Gasteiger partial charge on any atom is -0.478 e. The Labute approximate surface area is 62.2 Å². The highest BCUT2D eigenvalue weighted by atomic mass is 16.5. The zero-order valence-electron chi connectivity index (χ0n) is 5.43. The quantitative estimate of drug-likeness (QED) is 0.451. The molecule has 0 heterocycles. The van der Waals surface area contributed by atoms with Crippen LogP contribution in [0.3, 0.4) is 0 Å². The molecule has 0 aromatic heterocycles. The Morgan fingerprint density at radius 3 is 1.64 bits per heavy atom. The van der Waals surface area contributed by atoms with Gasteiger partial charge < -0.3 is 14.9 Å². The number of carboxylic acid groups (broad SMARTS) is 2. The average Bonchev–Trinajstić information content (AvgIpc) is 1.85. The molecular weight excluding hydrogens is 152 g/mol. The van der Waals surface area contributed by atoms with Crippen molar-refractivity contribution in [1.82, 2.24) is 0 Å². The fraction of sp³-hybridized carbons (Fsp3) is 0. The molecule has 11 heavy (non-hydrogen) atoms. The van der Waals surface area contributed by atoms with Gasteiger partial charge in [0, 0.05) is 0 Å². The lowest BCUT2D eigenvalue weighted by molar-refractivity contribution is -0.132. The van der Waals surface area contributed by atoms with E-state index in [1.54, 1.807) is 0 Å². The van der Waals surface area contributed by atoms with Crippen LogP contribution in [0, 0.1) is 0 Å². The van der Waals surface area contributed by atoms with Gasteiger partial charge in [-0.1, -0.05) is 0 Å². The van der Waals surface area contributed by atoms with Crippen molar-refractivity contribution in [3.63, 3.8) is 0 Å². The molecule has 0 amide bonds. The number of rotatable bonds is 4. The Morgan fingerprint density at radius 2 is 1.36 bits per heavy atom. The highest BCUT2D eigenvalue weighted by molar-refractivity contribution is 5.80. The number of aliphatic carboxylic acids is 2. The van der Waals surface area contributed by atoms with Gasteiger partial charge >= 0.3 is 11.9 Å². The fourth-order valence-electron chi connectivity index (χ4n) is 0.240. The summed E-state index contributed by atoms with van der Waals surface area (Å²) in [5.41, 5.74) is 0. The van der Waals surface area contributed by atoms with Gasteiger partial charge in [-0.2, -0.15) is 0 Å². The summed E-state index contributed by atoms with van der Waals surface area (Å²) in [4.78, 5) is 19.6. The topological polar surface area (TPSA) is 83.8 Å². The van der Waals surface area contributed by atoms with E-state index in [1.807, 2.05) is 0 Å². The highest BCUT2D eigenvalue weighted by Gasteiger charge is 1.84. The molecule has 0 fully saturated rings. The molecule has 0 unspecified atom stereocenters. The standard InChI is InChI=1S/C6H6O5/c7-5(8)1-3-11-4-2-6(9)10/h1-4H,(H,7,8)(H,9,10). The maximum Gasteiger partial charge on any atom is 0.331 e. The van der Waals surface area contributed by atoms with Crippen LogP contribution in [0.25, 0.3) is 0 Å². The van der Waals surface area contributed by atoms with E-state index in [9.17, 15) is 9.59 Å². The Morgan fingerprint density at radius 1 is 1.00 bits per heavy atom. The molecule has 0 aromatic carbocycles. The van der Waals surface area contributed by atoms with Gasteiger partial charge in [0.25, 0.3) is 0 Å². The van der Waals surface area contributed by atoms with Gasteiger partial charge in [0.15, 0.2) is 0 Å². The molecule has 0 spiro atoms. The van der Waals surface area contributed by atoms with Crippen LogP contribution in [-0.2, 0) is 14.3 Å². The maximum atomic E-state index is 9.79. The van der Waals surface area contributed by atoms with Crippen LogP contribution < -0.4 is 0 Å². The van der Waals surface area contributed by atoms with Crippen molar-refractivity contribution in [3.05, 3.63) is 24.7 Å². The summed E-state index contributed by atoms with van der Waals surface area (Å²) in [5, 5.41) is 16.0. The molecule has 60 valence electrons. The minimum absolute atomic E-state index is 0.742. The van der Waals surface area contributed by atoms with Crippen LogP contribution in [0.5, 0.6) is 0 Å². The van der Waals surface area contributed by atoms with Crippen molar-refractivity contribution < 1.29 is 24.5 Å². The number of hydrogen-bond acceptors (Lipinski definition) is 3. The monoisotopic (exact) mass is 158 g/mol. The van der Waals surface area contributed by atoms with Gasteiger partial charge in [0.1, 0.15) is 0 Å². The molecule has 0 aliphatic heterocycles. The molecule has 0 bridgehead atoms. The van der Waals surface area contributed by atoms with E-state index in [1.165, 1.54) is 0 Å². The fourth-order valence-corrected chi connectivity index (χ4v) is 0.240. The van der Waals surface area contributed by atoms with Gasteiger partial charge in [-0.15, -0.1) is 0 Å². The third-order valence-electron chi connectivity index (χ3n) is 0.578. The average molecular weight is 158 g/mol. The van der Waals surface area contributed by atoms with Gasteiger partial charge in [-0.3, -0.25) is 0 Å². The second-order valence-electron chi connectivity index (χ2n) is 1.42. The van der Waals surface area contributed by atoms with Gasteiger partial charge in [-0.25, -0.2) is 9.59 Å². The van der Waals surface area contributed by atoms with Gasteiger partial charge in [0.2, 0.25) is 0 Å². The SMILES string of the molecule is O=C(O)C=COC=CC(=O)O. The summed E-state index contributed by atoms with van der Waals surface area (Å²) < 4.78 is 4.33. The first kappa shape index (κ1) is 9.22. The van der Waals surface area contributed by atoms with Crippen LogP contribution in [-0.4, -0.2) is 22.2 Å². The molecule has 0 radical (unpaired) electrons. The second-order valence-corrected chi connectivity index (χ2v) is 1.42. The Bertz CT molecular complexity index is 181. The van der Waals surface area contributed by atoms with Crippen LogP contribution >= 0.6 is 0 Å². The van der Waals surface area contributed by atoms with Crippen LogP contribution in [0.4, 0.5) is 0 Å². The van der Waals surface area contributed by atoms with E-state index >= 15 is 0 Å². The lowest BCUT2D eigenvalue weighted by Gasteiger charge is -1.85. The lowest BCUT2D eigenvalue weighted by Crippen LogP contribution is -1.87. The van der Waals surface area contributed by atoms with E-state index in [-0.39, 0.29) is 0 Å². The predicted molar refractivity (Wildman–Crippen MR) is 34.6 cm³/mol. The molecule has 0 atom stereocenters. The lowest BCUT2D eigenvalue weighted by atomic mass is 10.6. The van der Waals surface area contributed by atoms with E-state index < -0.39 is 11.9 Å². The number of hydrogen-bond donors (Lipinski definition) is 2. The normalized spacial score (nSPS) is 10.5. The zero-order chi connectivity index (χ0) is 8.69. The number of carboxylic acids is 2. The van der Waals surface area contributed by atoms with Crippen LogP contribution in [0.1, 0.15) is 0 Å². The van der Waals surface area contributed by atoms with Crippen LogP contribution in [0.2, 0.25) is 0 Å². The van der Waals surface area contributed by atoms with Gasteiger partial charge in [0.05, 0.1) is 24.7 Å². The molecule has 2 N–H and O–H groups in total. The molecule has 0 aromatic rings. The Kier molecular flexibility index (Phi) is 4.22.